The Balaban J connectivity index is 1.45. The van der Waals surface area contributed by atoms with Crippen LogP contribution in [0.4, 0.5) is 0 Å². The molecule has 1 fully saturated rings. The van der Waals surface area contributed by atoms with Gasteiger partial charge in [0.2, 0.25) is 21.8 Å². The van der Waals surface area contributed by atoms with Crippen LogP contribution in [0.3, 0.4) is 0 Å². The van der Waals surface area contributed by atoms with Crippen molar-refractivity contribution in [3.8, 4) is 0 Å². The lowest BCUT2D eigenvalue weighted by Crippen LogP contribution is -2.54. The monoisotopic (exact) mass is 661 g/mol. The second-order valence-corrected chi connectivity index (χ2v) is 14.1. The molecule has 4 aromatic rings. The number of sulfonamides is 1. The topological polar surface area (TPSA) is 86.8 Å². The highest BCUT2D eigenvalue weighted by molar-refractivity contribution is 9.10. The SMILES string of the molecule is CN(CC(=O)N(Cc1ccc(Br)cc1)C(Cc1ccccc1)C(=O)NC1CCCC1)S(=O)(=O)c1ccc2ccccc2c1. The molecule has 9 heteroatoms. The first-order chi connectivity index (χ1) is 20.7. The maximum absolute atomic E-state index is 14.1. The van der Waals surface area contributed by atoms with Crippen molar-refractivity contribution in [2.45, 2.75) is 55.6 Å². The molecule has 1 saturated carbocycles. The highest BCUT2D eigenvalue weighted by Crippen LogP contribution is 2.23. The normalized spacial score (nSPS) is 14.6. The standard InChI is InChI=1S/C34H36BrN3O4S/c1-37(43(41,42)31-20-17-27-11-5-6-12-28(27)22-31)24-33(39)38(23-26-15-18-29(35)19-16-26)32(21-25-9-3-2-4-10-25)34(40)36-30-13-7-8-14-30/h2-6,9-12,15-20,22,30,32H,7-8,13-14,21,23-24H2,1H3,(H,36,40). The Labute approximate surface area is 262 Å². The molecule has 4 aromatic carbocycles. The predicted octanol–water partition coefficient (Wildman–Crippen LogP) is 5.92. The van der Waals surface area contributed by atoms with Crippen LogP contribution in [0.15, 0.2) is 106 Å². The molecule has 0 saturated heterocycles. The van der Waals surface area contributed by atoms with Crippen LogP contribution in [0.1, 0.15) is 36.8 Å². The van der Waals surface area contributed by atoms with Gasteiger partial charge in [-0.15, -0.1) is 0 Å². The minimum Gasteiger partial charge on any atom is -0.352 e. The summed E-state index contributed by atoms with van der Waals surface area (Å²) < 4.78 is 29.2. The molecule has 1 atom stereocenters. The number of benzene rings is 4. The number of nitrogens with one attached hydrogen (secondary N) is 1. The van der Waals surface area contributed by atoms with E-state index in [2.05, 4.69) is 21.2 Å². The van der Waals surface area contributed by atoms with Crippen molar-refractivity contribution in [3.63, 3.8) is 0 Å². The number of carbonyl (C=O) groups excluding carboxylic acids is 2. The molecule has 2 amide bonds. The lowest BCUT2D eigenvalue weighted by atomic mass is 10.0. The largest absolute Gasteiger partial charge is 0.352 e. The summed E-state index contributed by atoms with van der Waals surface area (Å²) in [5.41, 5.74) is 1.75. The minimum atomic E-state index is -3.98. The van der Waals surface area contributed by atoms with E-state index >= 15 is 0 Å². The second kappa shape index (κ2) is 13.8. The Hall–Kier alpha value is -3.53. The van der Waals surface area contributed by atoms with Crippen molar-refractivity contribution in [2.75, 3.05) is 13.6 Å². The highest BCUT2D eigenvalue weighted by Gasteiger charge is 2.34. The molecule has 0 heterocycles. The predicted molar refractivity (Wildman–Crippen MR) is 173 cm³/mol. The number of nitrogens with zero attached hydrogens (tertiary/aromatic N) is 2. The molecule has 1 unspecified atom stereocenters. The van der Waals surface area contributed by atoms with E-state index in [9.17, 15) is 18.0 Å². The second-order valence-electron chi connectivity index (χ2n) is 11.1. The van der Waals surface area contributed by atoms with Gasteiger partial charge in [-0.1, -0.05) is 102 Å². The van der Waals surface area contributed by atoms with Gasteiger partial charge < -0.3 is 10.2 Å². The Bertz CT molecular complexity index is 1670. The average molecular weight is 663 g/mol. The summed E-state index contributed by atoms with van der Waals surface area (Å²) >= 11 is 3.46. The number of hydrogen-bond donors (Lipinski definition) is 1. The summed E-state index contributed by atoms with van der Waals surface area (Å²) in [6, 6.07) is 28.9. The molecule has 1 aliphatic carbocycles. The third-order valence-corrected chi connectivity index (χ3v) is 10.4. The average Bonchev–Trinajstić information content (AvgIpc) is 3.53. The molecule has 43 heavy (non-hydrogen) atoms. The minimum absolute atomic E-state index is 0.0753. The highest BCUT2D eigenvalue weighted by atomic mass is 79.9. The van der Waals surface area contributed by atoms with Crippen molar-refractivity contribution in [1.82, 2.24) is 14.5 Å². The van der Waals surface area contributed by atoms with E-state index < -0.39 is 28.5 Å². The van der Waals surface area contributed by atoms with Crippen LogP contribution in [0.5, 0.6) is 0 Å². The van der Waals surface area contributed by atoms with Gasteiger partial charge in [-0.05, 0) is 59.0 Å². The Morgan fingerprint density at radius 1 is 0.860 bits per heavy atom. The van der Waals surface area contributed by atoms with E-state index in [1.165, 1.54) is 11.9 Å². The number of halogens is 1. The third-order valence-electron chi connectivity index (χ3n) is 8.03. The smallest absolute Gasteiger partial charge is 0.243 e. The molecule has 0 spiro atoms. The van der Waals surface area contributed by atoms with Crippen LogP contribution in [-0.2, 0) is 32.6 Å². The zero-order chi connectivity index (χ0) is 30.4. The zero-order valence-electron chi connectivity index (χ0n) is 24.2. The Morgan fingerprint density at radius 2 is 1.51 bits per heavy atom. The molecular weight excluding hydrogens is 626 g/mol. The van der Waals surface area contributed by atoms with Gasteiger partial charge in [0.1, 0.15) is 6.04 Å². The van der Waals surface area contributed by atoms with Crippen LogP contribution in [-0.4, -0.2) is 55.1 Å². The van der Waals surface area contributed by atoms with Gasteiger partial charge in [-0.2, -0.15) is 4.31 Å². The lowest BCUT2D eigenvalue weighted by molar-refractivity contribution is -0.141. The number of hydrogen-bond acceptors (Lipinski definition) is 4. The summed E-state index contributed by atoms with van der Waals surface area (Å²) in [5.74, 6) is -0.668. The summed E-state index contributed by atoms with van der Waals surface area (Å²) in [6.07, 6.45) is 4.26. The van der Waals surface area contributed by atoms with E-state index in [-0.39, 0.29) is 23.4 Å². The quantitative estimate of drug-likeness (QED) is 0.216. The molecule has 0 aliphatic heterocycles. The van der Waals surface area contributed by atoms with Crippen LogP contribution >= 0.6 is 15.9 Å². The third kappa shape index (κ3) is 7.71. The van der Waals surface area contributed by atoms with E-state index in [1.54, 1.807) is 18.2 Å². The van der Waals surface area contributed by atoms with Crippen LogP contribution in [0.2, 0.25) is 0 Å². The molecule has 0 radical (unpaired) electrons. The van der Waals surface area contributed by atoms with Gasteiger partial charge in [0.15, 0.2) is 0 Å². The van der Waals surface area contributed by atoms with Gasteiger partial charge in [0.25, 0.3) is 0 Å². The lowest BCUT2D eigenvalue weighted by Gasteiger charge is -2.33. The fourth-order valence-electron chi connectivity index (χ4n) is 5.58. The van der Waals surface area contributed by atoms with E-state index in [4.69, 9.17) is 0 Å². The number of fused-ring (bicyclic) bond motifs is 1. The van der Waals surface area contributed by atoms with Crippen LogP contribution < -0.4 is 5.32 Å². The van der Waals surface area contributed by atoms with Crippen molar-refractivity contribution in [2.24, 2.45) is 0 Å². The van der Waals surface area contributed by atoms with E-state index in [1.807, 2.05) is 78.9 Å². The molecule has 224 valence electrons. The molecular formula is C34H36BrN3O4S. The fourth-order valence-corrected chi connectivity index (χ4v) is 7.00. The first-order valence-electron chi connectivity index (χ1n) is 14.5. The van der Waals surface area contributed by atoms with Crippen molar-refractivity contribution in [3.05, 3.63) is 113 Å². The van der Waals surface area contributed by atoms with E-state index in [0.29, 0.717) is 6.42 Å². The van der Waals surface area contributed by atoms with Crippen LogP contribution in [0, 0.1) is 0 Å². The Morgan fingerprint density at radius 3 is 2.21 bits per heavy atom. The maximum atomic E-state index is 14.1. The molecule has 7 nitrogen and oxygen atoms in total. The molecule has 1 N–H and O–H groups in total. The summed E-state index contributed by atoms with van der Waals surface area (Å²) in [6.45, 7) is -0.251. The summed E-state index contributed by atoms with van der Waals surface area (Å²) in [5, 5.41) is 4.91. The number of carbonyl (C=O) groups is 2. The summed E-state index contributed by atoms with van der Waals surface area (Å²) in [7, 11) is -2.57. The molecule has 5 rings (SSSR count). The van der Waals surface area contributed by atoms with Gasteiger partial charge >= 0.3 is 0 Å². The van der Waals surface area contributed by atoms with Gasteiger partial charge in [-0.25, -0.2) is 8.42 Å². The van der Waals surface area contributed by atoms with Crippen molar-refractivity contribution < 1.29 is 18.0 Å². The molecule has 1 aliphatic rings. The molecule has 0 bridgehead atoms. The van der Waals surface area contributed by atoms with E-state index in [0.717, 1.165) is 56.4 Å². The number of likely N-dealkylation sites (N-methyl/N-ethyl adjacent to an activating group) is 1. The number of amides is 2. The van der Waals surface area contributed by atoms with Crippen molar-refractivity contribution >= 4 is 48.5 Å². The molecule has 0 aromatic heterocycles. The van der Waals surface area contributed by atoms with Gasteiger partial charge in [-0.3, -0.25) is 9.59 Å². The van der Waals surface area contributed by atoms with Crippen LogP contribution in [0.25, 0.3) is 10.8 Å². The zero-order valence-corrected chi connectivity index (χ0v) is 26.6. The van der Waals surface area contributed by atoms with Gasteiger partial charge in [0, 0.05) is 30.5 Å². The van der Waals surface area contributed by atoms with Crippen molar-refractivity contribution in [1.29, 1.82) is 0 Å². The first kappa shape index (κ1) is 30.9. The maximum Gasteiger partial charge on any atom is 0.243 e. The number of rotatable bonds is 11. The first-order valence-corrected chi connectivity index (χ1v) is 16.8. The fraction of sp³-hybridized carbons (Fsp3) is 0.294. The Kier molecular flexibility index (Phi) is 9.95. The van der Waals surface area contributed by atoms with Gasteiger partial charge in [0.05, 0.1) is 11.4 Å². The summed E-state index contributed by atoms with van der Waals surface area (Å²) in [4.78, 5) is 29.6.